The highest BCUT2D eigenvalue weighted by atomic mass is 32.1. The van der Waals surface area contributed by atoms with Crippen molar-refractivity contribution in [3.8, 4) is 17.2 Å². The van der Waals surface area contributed by atoms with E-state index in [0.29, 0.717) is 11.6 Å². The number of aryl methyl sites for hydroxylation is 1. The number of anilines is 2. The first-order valence-electron chi connectivity index (χ1n) is 9.87. The van der Waals surface area contributed by atoms with E-state index in [-0.39, 0.29) is 0 Å². The molecule has 0 aromatic carbocycles. The molecule has 9 heteroatoms. The van der Waals surface area contributed by atoms with Crippen molar-refractivity contribution in [1.82, 2.24) is 29.3 Å². The number of hydrogen-bond donors (Lipinski definition) is 2. The number of rotatable bonds is 4. The molecular weight excluding hydrogens is 396 g/mol. The lowest BCUT2D eigenvalue weighted by Gasteiger charge is -2.23. The van der Waals surface area contributed by atoms with Gasteiger partial charge in [-0.1, -0.05) is 0 Å². The van der Waals surface area contributed by atoms with Gasteiger partial charge in [-0.25, -0.2) is 9.97 Å². The molecule has 8 nitrogen and oxygen atoms in total. The minimum Gasteiger partial charge on any atom is -0.331 e. The number of nitrogens with zero attached hydrogens (tertiary/aromatic N) is 6. The minimum atomic E-state index is 0.356. The summed E-state index contributed by atoms with van der Waals surface area (Å²) in [7, 11) is 0. The van der Waals surface area contributed by atoms with Gasteiger partial charge in [0.15, 0.2) is 5.65 Å². The molecule has 1 aliphatic heterocycles. The number of piperidine rings is 1. The van der Waals surface area contributed by atoms with Crippen molar-refractivity contribution in [2.24, 2.45) is 0 Å². The van der Waals surface area contributed by atoms with Gasteiger partial charge in [0.05, 0.1) is 17.6 Å². The minimum absolute atomic E-state index is 0.356. The number of aromatic nitrogens is 5. The van der Waals surface area contributed by atoms with E-state index in [4.69, 9.17) is 10.2 Å². The number of nitrogens with one attached hydrogen (secondary N) is 2. The maximum Gasteiger partial charge on any atom is 0.165 e. The van der Waals surface area contributed by atoms with Gasteiger partial charge in [0.25, 0.3) is 0 Å². The standard InChI is InChI=1S/C21H20N8S/c1-13-7-20(30-28-13)27-19-8-18(15-3-2-6-23-10-15)26-21-17(12-25-29(19)21)14-4-5-16(9-22)24-11-14/h4-5,7-8,11-12,15,23,27H,2-3,6,10H2,1H3. The maximum atomic E-state index is 9.03. The molecule has 0 bridgehead atoms. The van der Waals surface area contributed by atoms with Gasteiger partial charge in [-0.05, 0) is 56.0 Å². The second kappa shape index (κ2) is 7.82. The van der Waals surface area contributed by atoms with Crippen LogP contribution in [0.15, 0.2) is 36.7 Å². The van der Waals surface area contributed by atoms with Crippen LogP contribution < -0.4 is 10.6 Å². The van der Waals surface area contributed by atoms with Gasteiger partial charge in [0.1, 0.15) is 22.6 Å². The molecule has 5 rings (SSSR count). The van der Waals surface area contributed by atoms with Crippen LogP contribution in [-0.4, -0.2) is 37.0 Å². The van der Waals surface area contributed by atoms with Crippen molar-refractivity contribution in [2.75, 3.05) is 18.4 Å². The third-order valence-corrected chi connectivity index (χ3v) is 6.07. The summed E-state index contributed by atoms with van der Waals surface area (Å²) in [5.74, 6) is 1.21. The Morgan fingerprint density at radius 3 is 2.93 bits per heavy atom. The van der Waals surface area contributed by atoms with Crippen molar-refractivity contribution < 1.29 is 0 Å². The van der Waals surface area contributed by atoms with E-state index >= 15 is 0 Å². The van der Waals surface area contributed by atoms with Crippen LogP contribution in [0.3, 0.4) is 0 Å². The number of pyridine rings is 1. The second-order valence-corrected chi connectivity index (χ2v) is 8.21. The molecule has 150 valence electrons. The largest absolute Gasteiger partial charge is 0.331 e. The third kappa shape index (κ3) is 3.51. The second-order valence-electron chi connectivity index (χ2n) is 7.40. The van der Waals surface area contributed by atoms with Gasteiger partial charge in [-0.15, -0.1) is 0 Å². The number of fused-ring (bicyclic) bond motifs is 1. The van der Waals surface area contributed by atoms with E-state index in [0.717, 1.165) is 64.9 Å². The highest BCUT2D eigenvalue weighted by Crippen LogP contribution is 2.31. The molecule has 0 radical (unpaired) electrons. The summed E-state index contributed by atoms with van der Waals surface area (Å²) in [6, 6.07) is 9.77. The number of nitriles is 1. The van der Waals surface area contributed by atoms with Gasteiger partial charge in [0, 0.05) is 35.9 Å². The Bertz CT molecular complexity index is 1230. The predicted octanol–water partition coefficient (Wildman–Crippen LogP) is 3.64. The fourth-order valence-corrected chi connectivity index (χ4v) is 4.42. The van der Waals surface area contributed by atoms with E-state index in [1.807, 2.05) is 23.6 Å². The van der Waals surface area contributed by atoms with E-state index in [1.54, 1.807) is 18.5 Å². The quantitative estimate of drug-likeness (QED) is 0.523. The molecule has 1 atom stereocenters. The Morgan fingerprint density at radius 1 is 1.30 bits per heavy atom. The molecule has 1 saturated heterocycles. The van der Waals surface area contributed by atoms with Gasteiger partial charge < -0.3 is 10.6 Å². The molecule has 30 heavy (non-hydrogen) atoms. The van der Waals surface area contributed by atoms with Gasteiger partial charge in [0.2, 0.25) is 0 Å². The zero-order chi connectivity index (χ0) is 20.5. The van der Waals surface area contributed by atoms with Crippen LogP contribution in [-0.2, 0) is 0 Å². The average Bonchev–Trinajstić information content (AvgIpc) is 3.40. The van der Waals surface area contributed by atoms with Crippen LogP contribution in [0.5, 0.6) is 0 Å². The topological polar surface area (TPSA) is 104 Å². The highest BCUT2D eigenvalue weighted by Gasteiger charge is 2.21. The van der Waals surface area contributed by atoms with Crippen molar-refractivity contribution in [2.45, 2.75) is 25.7 Å². The molecule has 0 saturated carbocycles. The molecule has 1 aliphatic rings. The lowest BCUT2D eigenvalue weighted by atomic mass is 9.96. The van der Waals surface area contributed by atoms with Crippen molar-refractivity contribution >= 4 is 28.0 Å². The van der Waals surface area contributed by atoms with Crippen LogP contribution in [0.1, 0.15) is 35.8 Å². The smallest absolute Gasteiger partial charge is 0.165 e. The van der Waals surface area contributed by atoms with Crippen LogP contribution in [0.25, 0.3) is 16.8 Å². The monoisotopic (exact) mass is 416 g/mol. The van der Waals surface area contributed by atoms with Crippen molar-refractivity contribution in [1.29, 1.82) is 5.26 Å². The SMILES string of the molecule is Cc1cc(Nc2cc(C3CCCNC3)nc3c(-c4ccc(C#N)nc4)cnn23)sn1. The van der Waals surface area contributed by atoms with Crippen LogP contribution in [0.2, 0.25) is 0 Å². The fraction of sp³-hybridized carbons (Fsp3) is 0.286. The lowest BCUT2D eigenvalue weighted by molar-refractivity contribution is 0.455. The Balaban J connectivity index is 1.63. The molecule has 0 aliphatic carbocycles. The zero-order valence-corrected chi connectivity index (χ0v) is 17.3. The van der Waals surface area contributed by atoms with E-state index in [9.17, 15) is 0 Å². The fourth-order valence-electron chi connectivity index (χ4n) is 3.76. The summed E-state index contributed by atoms with van der Waals surface area (Å²) in [6.07, 6.45) is 5.75. The van der Waals surface area contributed by atoms with Crippen LogP contribution in [0, 0.1) is 18.3 Å². The first-order valence-corrected chi connectivity index (χ1v) is 10.6. The molecular formula is C21H20N8S. The molecule has 5 heterocycles. The summed E-state index contributed by atoms with van der Waals surface area (Å²) in [5.41, 5.74) is 4.96. The number of hydrogen-bond acceptors (Lipinski definition) is 8. The molecule has 0 spiro atoms. The van der Waals surface area contributed by atoms with E-state index in [1.165, 1.54) is 11.5 Å². The molecule has 1 fully saturated rings. The predicted molar refractivity (Wildman–Crippen MR) is 116 cm³/mol. The highest BCUT2D eigenvalue weighted by molar-refractivity contribution is 7.10. The zero-order valence-electron chi connectivity index (χ0n) is 16.5. The Kier molecular flexibility index (Phi) is 4.86. The lowest BCUT2D eigenvalue weighted by Crippen LogP contribution is -2.29. The molecule has 4 aromatic heterocycles. The van der Waals surface area contributed by atoms with E-state index < -0.39 is 0 Å². The molecule has 4 aromatic rings. The average molecular weight is 417 g/mol. The van der Waals surface area contributed by atoms with Crippen LogP contribution >= 0.6 is 11.5 Å². The first kappa shape index (κ1) is 18.7. The van der Waals surface area contributed by atoms with Gasteiger partial charge in [-0.2, -0.15) is 19.2 Å². The third-order valence-electron chi connectivity index (χ3n) is 5.28. The van der Waals surface area contributed by atoms with E-state index in [2.05, 4.69) is 37.2 Å². The molecule has 1 unspecified atom stereocenters. The molecule has 2 N–H and O–H groups in total. The Hall–Kier alpha value is -3.35. The van der Waals surface area contributed by atoms with Crippen LogP contribution in [0.4, 0.5) is 10.8 Å². The normalized spacial score (nSPS) is 16.5. The van der Waals surface area contributed by atoms with Crippen molar-refractivity contribution in [3.63, 3.8) is 0 Å². The maximum absolute atomic E-state index is 9.03. The Labute approximate surface area is 177 Å². The van der Waals surface area contributed by atoms with Crippen molar-refractivity contribution in [3.05, 3.63) is 53.7 Å². The first-order chi connectivity index (χ1) is 14.7. The van der Waals surface area contributed by atoms with Gasteiger partial charge in [-0.3, -0.25) is 0 Å². The summed E-state index contributed by atoms with van der Waals surface area (Å²) in [5, 5.41) is 21.5. The van der Waals surface area contributed by atoms with Gasteiger partial charge >= 0.3 is 0 Å². The summed E-state index contributed by atoms with van der Waals surface area (Å²) in [6.45, 7) is 3.95. The summed E-state index contributed by atoms with van der Waals surface area (Å²) in [4.78, 5) is 9.21. The summed E-state index contributed by atoms with van der Waals surface area (Å²) >= 11 is 1.43. The molecule has 0 amide bonds. The summed E-state index contributed by atoms with van der Waals surface area (Å²) < 4.78 is 6.19. The Morgan fingerprint density at radius 2 is 2.23 bits per heavy atom.